The topological polar surface area (TPSA) is 56.5 Å². The number of pyridine rings is 1. The first kappa shape index (κ1) is 11.7. The third kappa shape index (κ3) is 3.09. The fourth-order valence-corrected chi connectivity index (χ4v) is 2.01. The Bertz CT molecular complexity index is 361. The van der Waals surface area contributed by atoms with Crippen LogP contribution in [0.15, 0.2) is 24.5 Å². The van der Waals surface area contributed by atoms with E-state index in [0.717, 1.165) is 25.9 Å². The summed E-state index contributed by atoms with van der Waals surface area (Å²) in [5.41, 5.74) is 1.18. The number of piperidine rings is 1. The van der Waals surface area contributed by atoms with E-state index in [2.05, 4.69) is 19.9 Å². The minimum atomic E-state index is -0.465. The lowest BCUT2D eigenvalue weighted by atomic mass is 10.0. The lowest BCUT2D eigenvalue weighted by Gasteiger charge is -2.32. The number of hydrogen-bond donors (Lipinski definition) is 0. The lowest BCUT2D eigenvalue weighted by molar-refractivity contribution is 0.163. The minimum Gasteiger partial charge on any atom is -0.452 e. The molecule has 0 atom stereocenters. The summed E-state index contributed by atoms with van der Waals surface area (Å²) >= 11 is 0. The van der Waals surface area contributed by atoms with Crippen LogP contribution in [0, 0.1) is 0 Å². The van der Waals surface area contributed by atoms with E-state index in [9.17, 15) is 4.79 Å². The second kappa shape index (κ2) is 5.52. The summed E-state index contributed by atoms with van der Waals surface area (Å²) in [7, 11) is 1.36. The highest BCUT2D eigenvalue weighted by Crippen LogP contribution is 2.19. The first-order chi connectivity index (χ1) is 8.29. The summed E-state index contributed by atoms with van der Waals surface area (Å²) in [5.74, 6) is 0. The van der Waals surface area contributed by atoms with E-state index < -0.39 is 6.09 Å². The van der Waals surface area contributed by atoms with Crippen molar-refractivity contribution in [1.29, 1.82) is 0 Å². The number of anilines is 1. The molecule has 1 aliphatic heterocycles. The largest absolute Gasteiger partial charge is 0.452 e. The molecule has 1 aliphatic rings. The highest BCUT2D eigenvalue weighted by atomic mass is 16.5. The molecule has 1 amide bonds. The van der Waals surface area contributed by atoms with Crippen LogP contribution in [0.2, 0.25) is 0 Å². The molecule has 2 rings (SSSR count). The van der Waals surface area contributed by atoms with Gasteiger partial charge < -0.3 is 9.64 Å². The molecule has 0 bridgehead atoms. The van der Waals surface area contributed by atoms with Crippen molar-refractivity contribution >= 4 is 11.8 Å². The summed E-state index contributed by atoms with van der Waals surface area (Å²) in [6.45, 7) is 1.82. The fourth-order valence-electron chi connectivity index (χ4n) is 2.01. The van der Waals surface area contributed by atoms with Crippen molar-refractivity contribution in [2.45, 2.75) is 18.9 Å². The highest BCUT2D eigenvalue weighted by Gasteiger charge is 2.22. The molecule has 1 fully saturated rings. The van der Waals surface area contributed by atoms with Gasteiger partial charge in [0.2, 0.25) is 0 Å². The second-order valence-electron chi connectivity index (χ2n) is 4.02. The molecular formula is C12H16N3O2. The van der Waals surface area contributed by atoms with Crippen molar-refractivity contribution in [2.75, 3.05) is 25.1 Å². The van der Waals surface area contributed by atoms with E-state index in [1.54, 1.807) is 12.4 Å². The molecule has 5 heteroatoms. The van der Waals surface area contributed by atoms with Crippen LogP contribution in [0.4, 0.5) is 10.5 Å². The molecule has 5 nitrogen and oxygen atoms in total. The maximum atomic E-state index is 11.0. The SMILES string of the molecule is COC(=O)[N]C1CCN(c2ccncc2)CC1. The molecule has 1 radical (unpaired) electrons. The monoisotopic (exact) mass is 234 g/mol. The van der Waals surface area contributed by atoms with E-state index in [0.29, 0.717) is 0 Å². The number of methoxy groups -OCH3 is 1. The zero-order valence-corrected chi connectivity index (χ0v) is 9.87. The average Bonchev–Trinajstić information content (AvgIpc) is 2.40. The molecule has 0 aromatic carbocycles. The van der Waals surface area contributed by atoms with Gasteiger partial charge in [-0.3, -0.25) is 4.98 Å². The van der Waals surface area contributed by atoms with Gasteiger partial charge in [-0.25, -0.2) is 10.1 Å². The van der Waals surface area contributed by atoms with Crippen LogP contribution in [0.1, 0.15) is 12.8 Å². The number of amides is 1. The van der Waals surface area contributed by atoms with Crippen molar-refractivity contribution < 1.29 is 9.53 Å². The molecule has 0 N–H and O–H groups in total. The first-order valence-electron chi connectivity index (χ1n) is 5.73. The van der Waals surface area contributed by atoms with Crippen LogP contribution in [-0.2, 0) is 4.74 Å². The predicted molar refractivity (Wildman–Crippen MR) is 64.0 cm³/mol. The van der Waals surface area contributed by atoms with Crippen LogP contribution in [0.5, 0.6) is 0 Å². The zero-order valence-electron chi connectivity index (χ0n) is 9.87. The molecule has 0 aliphatic carbocycles. The maximum Gasteiger partial charge on any atom is 0.428 e. The van der Waals surface area contributed by atoms with Gasteiger partial charge in [-0.1, -0.05) is 0 Å². The summed E-state index contributed by atoms with van der Waals surface area (Å²) in [6, 6.07) is 4.09. The van der Waals surface area contributed by atoms with Gasteiger partial charge in [-0.2, -0.15) is 0 Å². The number of ether oxygens (including phenoxy) is 1. The summed E-state index contributed by atoms with van der Waals surface area (Å²) in [4.78, 5) is 17.3. The Morgan fingerprint density at radius 2 is 2.06 bits per heavy atom. The van der Waals surface area contributed by atoms with E-state index in [-0.39, 0.29) is 6.04 Å². The number of hydrogen-bond acceptors (Lipinski definition) is 4. The van der Waals surface area contributed by atoms with Crippen LogP contribution in [0.3, 0.4) is 0 Å². The quantitative estimate of drug-likeness (QED) is 0.776. The zero-order chi connectivity index (χ0) is 12.1. The highest BCUT2D eigenvalue weighted by molar-refractivity contribution is 5.67. The van der Waals surface area contributed by atoms with Crippen molar-refractivity contribution in [2.24, 2.45) is 0 Å². The third-order valence-corrected chi connectivity index (χ3v) is 2.95. The van der Waals surface area contributed by atoms with E-state index in [1.165, 1.54) is 12.8 Å². The van der Waals surface area contributed by atoms with Crippen molar-refractivity contribution in [1.82, 2.24) is 10.3 Å². The molecule has 0 unspecified atom stereocenters. The van der Waals surface area contributed by atoms with Crippen LogP contribution in [-0.4, -0.2) is 37.3 Å². The van der Waals surface area contributed by atoms with Crippen molar-refractivity contribution in [3.8, 4) is 0 Å². The summed E-state index contributed by atoms with van der Waals surface area (Å²) in [5, 5.41) is 3.98. The Morgan fingerprint density at radius 1 is 1.41 bits per heavy atom. The Kier molecular flexibility index (Phi) is 3.80. The van der Waals surface area contributed by atoms with Gasteiger partial charge >= 0.3 is 6.09 Å². The smallest absolute Gasteiger partial charge is 0.428 e. The maximum absolute atomic E-state index is 11.0. The molecule has 1 saturated heterocycles. The number of carbonyl (C=O) groups is 1. The molecule has 2 heterocycles. The van der Waals surface area contributed by atoms with E-state index in [1.807, 2.05) is 12.1 Å². The van der Waals surface area contributed by atoms with Gasteiger partial charge in [0, 0.05) is 31.2 Å². The fraction of sp³-hybridized carbons (Fsp3) is 0.500. The summed E-state index contributed by atoms with van der Waals surface area (Å²) < 4.78 is 4.54. The molecule has 91 valence electrons. The number of rotatable bonds is 2. The van der Waals surface area contributed by atoms with Gasteiger partial charge in [0.15, 0.2) is 0 Å². The summed E-state index contributed by atoms with van der Waals surface area (Å²) in [6.07, 6.45) is 4.89. The minimum absolute atomic E-state index is 0.0977. The molecule has 1 aromatic heterocycles. The van der Waals surface area contributed by atoms with Crippen LogP contribution >= 0.6 is 0 Å². The number of aromatic nitrogens is 1. The third-order valence-electron chi connectivity index (χ3n) is 2.95. The normalized spacial score (nSPS) is 16.6. The molecule has 1 aromatic rings. The lowest BCUT2D eigenvalue weighted by Crippen LogP contribution is -2.41. The Morgan fingerprint density at radius 3 is 2.65 bits per heavy atom. The second-order valence-corrected chi connectivity index (χ2v) is 4.02. The van der Waals surface area contributed by atoms with Gasteiger partial charge in [0.1, 0.15) is 0 Å². The molecule has 0 spiro atoms. The molecule has 17 heavy (non-hydrogen) atoms. The Hall–Kier alpha value is -1.78. The Labute approximate surface area is 101 Å². The van der Waals surface area contributed by atoms with Gasteiger partial charge in [-0.15, -0.1) is 0 Å². The van der Waals surface area contributed by atoms with Crippen molar-refractivity contribution in [3.05, 3.63) is 24.5 Å². The number of carbonyl (C=O) groups excluding carboxylic acids is 1. The van der Waals surface area contributed by atoms with Gasteiger partial charge in [0.05, 0.1) is 13.2 Å². The Balaban J connectivity index is 1.84. The predicted octanol–water partition coefficient (Wildman–Crippen LogP) is 1.42. The van der Waals surface area contributed by atoms with Crippen LogP contribution in [0.25, 0.3) is 0 Å². The van der Waals surface area contributed by atoms with E-state index in [4.69, 9.17) is 0 Å². The van der Waals surface area contributed by atoms with E-state index >= 15 is 0 Å². The number of nitrogens with zero attached hydrogens (tertiary/aromatic N) is 3. The average molecular weight is 234 g/mol. The standard InChI is InChI=1S/C12H16N3O2/c1-17-12(16)14-10-4-8-15(9-5-10)11-2-6-13-7-3-11/h2-3,6-7,10H,4-5,8-9H2,1H3. The molecular weight excluding hydrogens is 218 g/mol. The molecule has 0 saturated carbocycles. The van der Waals surface area contributed by atoms with Crippen LogP contribution < -0.4 is 10.2 Å². The van der Waals surface area contributed by atoms with Gasteiger partial charge in [-0.05, 0) is 25.0 Å². The van der Waals surface area contributed by atoms with Gasteiger partial charge in [0.25, 0.3) is 0 Å². The van der Waals surface area contributed by atoms with Crippen molar-refractivity contribution in [3.63, 3.8) is 0 Å². The first-order valence-corrected chi connectivity index (χ1v) is 5.73.